The molecule has 0 unspecified atom stereocenters. The van der Waals surface area contributed by atoms with Crippen LogP contribution >= 0.6 is 0 Å². The largest absolute Gasteiger partial charge is 0.404 e. The van der Waals surface area contributed by atoms with Crippen LogP contribution in [0.2, 0.25) is 0 Å². The third-order valence-corrected chi connectivity index (χ3v) is 5.51. The van der Waals surface area contributed by atoms with Gasteiger partial charge in [0.05, 0.1) is 17.0 Å². The van der Waals surface area contributed by atoms with E-state index >= 15 is 0 Å². The molecule has 0 aromatic heterocycles. The standard InChI is InChI=1S/C24H33N7O2/c1-24(2,32)19(12-26)10-22(27)31-23-4-3-20-21(30-23)9-17(15-29-20)18(11-25)14-28-13-16-5-7-33-8-6-16/h3-4,9-12,14-16,26,29-30,32H,5-8,13,25H2,1-2H3,(H2,27,31). The molecule has 3 heterocycles. The van der Waals surface area contributed by atoms with E-state index in [0.29, 0.717) is 17.3 Å². The van der Waals surface area contributed by atoms with Gasteiger partial charge in [0.2, 0.25) is 0 Å². The van der Waals surface area contributed by atoms with E-state index in [2.05, 4.69) is 20.6 Å². The lowest BCUT2D eigenvalue weighted by Crippen LogP contribution is -2.27. The summed E-state index contributed by atoms with van der Waals surface area (Å²) in [6.45, 7) is 5.55. The van der Waals surface area contributed by atoms with Crippen LogP contribution in [-0.2, 0) is 4.74 Å². The fourth-order valence-electron chi connectivity index (χ4n) is 3.49. The molecule has 0 amide bonds. The van der Waals surface area contributed by atoms with Crippen LogP contribution in [-0.4, -0.2) is 48.7 Å². The zero-order valence-electron chi connectivity index (χ0n) is 19.1. The van der Waals surface area contributed by atoms with Crippen molar-refractivity contribution < 1.29 is 9.84 Å². The summed E-state index contributed by atoms with van der Waals surface area (Å²) in [5.41, 5.74) is 14.5. The van der Waals surface area contributed by atoms with Crippen LogP contribution in [0.1, 0.15) is 26.7 Å². The highest BCUT2D eigenvalue weighted by Crippen LogP contribution is 2.23. The van der Waals surface area contributed by atoms with Crippen LogP contribution < -0.4 is 22.1 Å². The number of aliphatic hydroxyl groups is 1. The number of nitrogens with two attached hydrogens (primary N) is 2. The molecule has 9 nitrogen and oxygen atoms in total. The summed E-state index contributed by atoms with van der Waals surface area (Å²) in [6.07, 6.45) is 15.5. The van der Waals surface area contributed by atoms with Crippen molar-refractivity contribution in [1.82, 2.24) is 10.6 Å². The van der Waals surface area contributed by atoms with Gasteiger partial charge >= 0.3 is 0 Å². The Morgan fingerprint density at radius 1 is 1.30 bits per heavy atom. The van der Waals surface area contributed by atoms with E-state index in [1.807, 2.05) is 24.6 Å². The number of hydrogen-bond acceptors (Lipinski definition) is 8. The lowest BCUT2D eigenvalue weighted by atomic mass is 9.99. The Bertz CT molecular complexity index is 998. The molecule has 33 heavy (non-hydrogen) atoms. The van der Waals surface area contributed by atoms with Crippen molar-refractivity contribution >= 4 is 18.3 Å². The Morgan fingerprint density at radius 3 is 2.73 bits per heavy atom. The average molecular weight is 452 g/mol. The minimum Gasteiger partial charge on any atom is -0.404 e. The molecule has 1 saturated heterocycles. The molecule has 8 N–H and O–H groups in total. The highest BCUT2D eigenvalue weighted by atomic mass is 16.5. The fourth-order valence-corrected chi connectivity index (χ4v) is 3.49. The number of aliphatic imine (C=N–C) groups is 2. The molecule has 0 aromatic carbocycles. The molecule has 3 aliphatic rings. The van der Waals surface area contributed by atoms with E-state index in [1.54, 1.807) is 26.1 Å². The molecule has 0 bridgehead atoms. The molecule has 1 fully saturated rings. The fraction of sp³-hybridized carbons (Fsp3) is 0.375. The second kappa shape index (κ2) is 10.9. The Labute approximate surface area is 194 Å². The van der Waals surface area contributed by atoms with Gasteiger partial charge in [-0.15, -0.1) is 0 Å². The van der Waals surface area contributed by atoms with Gasteiger partial charge in [-0.1, -0.05) is 0 Å². The summed E-state index contributed by atoms with van der Waals surface area (Å²) in [7, 11) is 0. The van der Waals surface area contributed by atoms with Gasteiger partial charge in [0.1, 0.15) is 11.7 Å². The van der Waals surface area contributed by atoms with Gasteiger partial charge in [-0.25, -0.2) is 4.99 Å². The molecule has 9 heteroatoms. The van der Waals surface area contributed by atoms with Crippen molar-refractivity contribution in [3.63, 3.8) is 0 Å². The first-order valence-corrected chi connectivity index (χ1v) is 11.0. The minimum atomic E-state index is -1.18. The number of dihydropyridines is 2. The number of nitrogens with zero attached hydrogens (tertiary/aromatic N) is 2. The molecule has 0 aliphatic carbocycles. The van der Waals surface area contributed by atoms with Gasteiger partial charge < -0.3 is 37.4 Å². The van der Waals surface area contributed by atoms with Gasteiger partial charge in [0.15, 0.2) is 0 Å². The highest BCUT2D eigenvalue weighted by Gasteiger charge is 2.19. The number of amidine groups is 1. The summed E-state index contributed by atoms with van der Waals surface area (Å²) in [6, 6.07) is 0. The minimum absolute atomic E-state index is 0.175. The van der Waals surface area contributed by atoms with Crippen molar-refractivity contribution in [2.24, 2.45) is 27.4 Å². The average Bonchev–Trinajstić information content (AvgIpc) is 2.80. The molecule has 0 spiro atoms. The van der Waals surface area contributed by atoms with Crippen LogP contribution in [0.4, 0.5) is 0 Å². The molecule has 3 aliphatic heterocycles. The SMILES string of the molecule is CC(C)(O)C(C=N)=CC(N)=NC1=CC=C2NC=C(C(C=NCC3CCOCC3)=CN)C=C2N1. The first-order valence-electron chi connectivity index (χ1n) is 11.0. The second-order valence-corrected chi connectivity index (χ2v) is 8.57. The summed E-state index contributed by atoms with van der Waals surface area (Å²) < 4.78 is 5.40. The molecule has 176 valence electrons. The number of allylic oxidation sites excluding steroid dienone is 5. The maximum absolute atomic E-state index is 10.1. The van der Waals surface area contributed by atoms with Gasteiger partial charge in [-0.2, -0.15) is 0 Å². The van der Waals surface area contributed by atoms with Crippen molar-refractivity contribution in [3.8, 4) is 0 Å². The number of rotatable bonds is 8. The van der Waals surface area contributed by atoms with Gasteiger partial charge in [0.25, 0.3) is 0 Å². The lowest BCUT2D eigenvalue weighted by Gasteiger charge is -2.23. The predicted octanol–water partition coefficient (Wildman–Crippen LogP) is 1.73. The summed E-state index contributed by atoms with van der Waals surface area (Å²) in [5, 5.41) is 24.1. The first-order chi connectivity index (χ1) is 15.8. The quantitative estimate of drug-likeness (QED) is 0.244. The van der Waals surface area contributed by atoms with Gasteiger partial charge in [-0.05, 0) is 56.9 Å². The maximum Gasteiger partial charge on any atom is 0.132 e. The van der Waals surface area contributed by atoms with Crippen molar-refractivity contribution in [3.05, 3.63) is 70.6 Å². The van der Waals surface area contributed by atoms with Crippen molar-refractivity contribution in [2.45, 2.75) is 32.3 Å². The third kappa shape index (κ3) is 6.77. The molecule has 0 saturated carbocycles. The van der Waals surface area contributed by atoms with E-state index in [1.165, 1.54) is 6.08 Å². The molecule has 0 atom stereocenters. The van der Waals surface area contributed by atoms with Crippen molar-refractivity contribution in [1.29, 1.82) is 5.41 Å². The number of ether oxygens (including phenoxy) is 1. The topological polar surface area (TPSA) is 154 Å². The van der Waals surface area contributed by atoms with E-state index in [4.69, 9.17) is 21.6 Å². The Kier molecular flexibility index (Phi) is 8.02. The normalized spacial score (nSPS) is 20.8. The Morgan fingerprint density at radius 2 is 2.06 bits per heavy atom. The molecule has 3 rings (SSSR count). The second-order valence-electron chi connectivity index (χ2n) is 8.57. The predicted molar refractivity (Wildman–Crippen MR) is 133 cm³/mol. The van der Waals surface area contributed by atoms with E-state index in [0.717, 1.165) is 61.4 Å². The monoisotopic (exact) mass is 451 g/mol. The van der Waals surface area contributed by atoms with E-state index < -0.39 is 5.60 Å². The smallest absolute Gasteiger partial charge is 0.132 e. The highest BCUT2D eigenvalue weighted by molar-refractivity contribution is 5.98. The zero-order chi connectivity index (χ0) is 23.8. The third-order valence-electron chi connectivity index (χ3n) is 5.51. The van der Waals surface area contributed by atoms with E-state index in [9.17, 15) is 5.11 Å². The van der Waals surface area contributed by atoms with Crippen LogP contribution in [0.5, 0.6) is 0 Å². The Balaban J connectivity index is 1.69. The zero-order valence-corrected chi connectivity index (χ0v) is 19.1. The van der Waals surface area contributed by atoms with Crippen LogP contribution in [0.25, 0.3) is 0 Å². The number of fused-ring (bicyclic) bond motifs is 1. The van der Waals surface area contributed by atoms with Crippen LogP contribution in [0.15, 0.2) is 80.6 Å². The summed E-state index contributed by atoms with van der Waals surface area (Å²) in [5.74, 6) is 1.26. The first kappa shape index (κ1) is 24.2. The lowest BCUT2D eigenvalue weighted by molar-refractivity contribution is 0.0690. The summed E-state index contributed by atoms with van der Waals surface area (Å²) in [4.78, 5) is 8.96. The maximum atomic E-state index is 10.1. The van der Waals surface area contributed by atoms with Crippen LogP contribution in [0, 0.1) is 11.3 Å². The van der Waals surface area contributed by atoms with Crippen molar-refractivity contribution in [2.75, 3.05) is 19.8 Å². The number of hydrogen-bond donors (Lipinski definition) is 6. The molecular formula is C24H33N7O2. The van der Waals surface area contributed by atoms with Crippen LogP contribution in [0.3, 0.4) is 0 Å². The molecule has 0 aromatic rings. The molecular weight excluding hydrogens is 418 g/mol. The summed E-state index contributed by atoms with van der Waals surface area (Å²) >= 11 is 0. The van der Waals surface area contributed by atoms with Gasteiger partial charge in [0, 0.05) is 61.3 Å². The number of nitrogens with one attached hydrogen (secondary N) is 3. The Hall–Kier alpha value is -3.43. The molecule has 0 radical (unpaired) electrons. The van der Waals surface area contributed by atoms with Gasteiger partial charge in [-0.3, -0.25) is 4.99 Å². The van der Waals surface area contributed by atoms with E-state index in [-0.39, 0.29) is 5.84 Å².